The Morgan fingerprint density at radius 2 is 2.08 bits per heavy atom. The van der Waals surface area contributed by atoms with Gasteiger partial charge in [0.15, 0.2) is 0 Å². The van der Waals surface area contributed by atoms with Crippen LogP contribution in [0, 0.1) is 17.8 Å². The van der Waals surface area contributed by atoms with E-state index in [0.717, 1.165) is 38.4 Å². The topological polar surface area (TPSA) is 64.8 Å². The van der Waals surface area contributed by atoms with Gasteiger partial charge in [-0.25, -0.2) is 0 Å². The van der Waals surface area contributed by atoms with E-state index in [-0.39, 0.29) is 11.5 Å². The van der Waals surface area contributed by atoms with E-state index in [9.17, 15) is 4.79 Å². The lowest BCUT2D eigenvalue weighted by molar-refractivity contribution is -0.170. The highest BCUT2D eigenvalue weighted by Crippen LogP contribution is 2.51. The van der Waals surface area contributed by atoms with Crippen molar-refractivity contribution in [2.75, 3.05) is 40.0 Å². The van der Waals surface area contributed by atoms with Crippen LogP contribution in [0.2, 0.25) is 0 Å². The summed E-state index contributed by atoms with van der Waals surface area (Å²) in [5.41, 5.74) is 6.92. The van der Waals surface area contributed by atoms with Gasteiger partial charge in [-0.15, -0.1) is 0 Å². The predicted octanol–water partition coefficient (Wildman–Crippen LogP) is 2.40. The zero-order valence-corrected chi connectivity index (χ0v) is 15.7. The fraction of sp³-hybridized carbons (Fsp3) is 0.667. The Kier molecular flexibility index (Phi) is 5.04. The summed E-state index contributed by atoms with van der Waals surface area (Å²) in [5, 5.41) is 0. The molecule has 26 heavy (non-hydrogen) atoms. The molecule has 142 valence electrons. The fourth-order valence-electron chi connectivity index (χ4n) is 5.60. The van der Waals surface area contributed by atoms with Crippen LogP contribution in [0.4, 0.5) is 0 Å². The maximum Gasteiger partial charge on any atom is 0.248 e. The van der Waals surface area contributed by atoms with Crippen LogP contribution in [0.5, 0.6) is 0 Å². The third-order valence-corrected chi connectivity index (χ3v) is 6.75. The van der Waals surface area contributed by atoms with Crippen molar-refractivity contribution in [3.63, 3.8) is 0 Å². The number of likely N-dealkylation sites (tertiary alicyclic amines) is 1. The Morgan fingerprint density at radius 1 is 1.31 bits per heavy atom. The minimum atomic E-state index is -0.373. The van der Waals surface area contributed by atoms with E-state index in [2.05, 4.69) is 11.0 Å². The molecule has 2 bridgehead atoms. The number of carbonyl (C=O) groups excluding carboxylic acids is 1. The maximum absolute atomic E-state index is 11.7. The van der Waals surface area contributed by atoms with E-state index in [1.54, 1.807) is 6.07 Å². The second-order valence-corrected chi connectivity index (χ2v) is 8.22. The normalized spacial score (nSPS) is 34.7. The zero-order valence-electron chi connectivity index (χ0n) is 15.7. The second kappa shape index (κ2) is 7.29. The lowest BCUT2D eigenvalue weighted by Gasteiger charge is -2.55. The minimum Gasteiger partial charge on any atom is -0.381 e. The third kappa shape index (κ3) is 3.06. The summed E-state index contributed by atoms with van der Waals surface area (Å²) >= 11 is 0. The average molecular weight is 358 g/mol. The molecule has 4 atom stereocenters. The van der Waals surface area contributed by atoms with Gasteiger partial charge in [-0.3, -0.25) is 4.79 Å². The molecular weight excluding hydrogens is 328 g/mol. The Morgan fingerprint density at radius 3 is 2.69 bits per heavy atom. The van der Waals surface area contributed by atoms with Gasteiger partial charge in [0.2, 0.25) is 5.91 Å². The van der Waals surface area contributed by atoms with Gasteiger partial charge in [-0.1, -0.05) is 18.6 Å². The summed E-state index contributed by atoms with van der Waals surface area (Å²) in [5.74, 6) is 1.20. The van der Waals surface area contributed by atoms with Gasteiger partial charge in [0, 0.05) is 50.8 Å². The van der Waals surface area contributed by atoms with Gasteiger partial charge in [-0.2, -0.15) is 0 Å². The molecule has 0 radical (unpaired) electrons. The lowest BCUT2D eigenvalue weighted by atomic mass is 9.62. The Labute approximate surface area is 155 Å². The largest absolute Gasteiger partial charge is 0.381 e. The smallest absolute Gasteiger partial charge is 0.248 e. The lowest BCUT2D eigenvalue weighted by Crippen LogP contribution is -2.59. The maximum atomic E-state index is 11.7. The average Bonchev–Trinajstić information content (AvgIpc) is 3.14. The molecule has 1 saturated carbocycles. The summed E-state index contributed by atoms with van der Waals surface area (Å²) in [6.07, 6.45) is 4.78. The Bertz CT molecular complexity index is 642. The van der Waals surface area contributed by atoms with E-state index in [1.165, 1.54) is 25.7 Å². The molecule has 5 nitrogen and oxygen atoms in total. The van der Waals surface area contributed by atoms with Crippen LogP contribution in [0.1, 0.15) is 41.6 Å². The number of piperidine rings is 1. The van der Waals surface area contributed by atoms with Gasteiger partial charge < -0.3 is 20.1 Å². The standard InChI is InChI=1S/C21H30N2O3/c1-25-21(17-5-2-4-16(10-17)20(22)24)18-6-3-7-19(21)13-23(12-18)11-15-8-9-26-14-15/h2,4-5,10,15,18-19H,3,6-9,11-14H2,1H3,(H2,22,24)/t15?,18-,19+,21+. The first-order valence-electron chi connectivity index (χ1n) is 9.89. The third-order valence-electron chi connectivity index (χ3n) is 6.75. The van der Waals surface area contributed by atoms with Crippen LogP contribution in [-0.2, 0) is 15.1 Å². The molecule has 4 rings (SSSR count). The quantitative estimate of drug-likeness (QED) is 0.878. The number of hydrogen-bond donors (Lipinski definition) is 1. The van der Waals surface area contributed by atoms with Crippen molar-refractivity contribution < 1.29 is 14.3 Å². The first-order chi connectivity index (χ1) is 12.6. The van der Waals surface area contributed by atoms with Crippen LogP contribution < -0.4 is 5.73 Å². The monoisotopic (exact) mass is 358 g/mol. The summed E-state index contributed by atoms with van der Waals surface area (Å²) in [6.45, 7) is 5.06. The van der Waals surface area contributed by atoms with Crippen LogP contribution in [0.15, 0.2) is 24.3 Å². The van der Waals surface area contributed by atoms with E-state index >= 15 is 0 Å². The Balaban J connectivity index is 1.61. The molecule has 0 spiro atoms. The van der Waals surface area contributed by atoms with Crippen molar-refractivity contribution in [1.82, 2.24) is 4.90 Å². The highest BCUT2D eigenvalue weighted by atomic mass is 16.5. The molecule has 3 fully saturated rings. The molecule has 5 heteroatoms. The van der Waals surface area contributed by atoms with Crippen molar-refractivity contribution in [3.05, 3.63) is 35.4 Å². The number of rotatable bonds is 5. The van der Waals surface area contributed by atoms with Gasteiger partial charge >= 0.3 is 0 Å². The molecule has 2 aliphatic heterocycles. The van der Waals surface area contributed by atoms with Gasteiger partial charge in [0.1, 0.15) is 5.60 Å². The van der Waals surface area contributed by atoms with Crippen molar-refractivity contribution in [2.24, 2.45) is 23.5 Å². The number of nitrogens with two attached hydrogens (primary N) is 1. The summed E-state index contributed by atoms with van der Waals surface area (Å²) in [7, 11) is 1.84. The second-order valence-electron chi connectivity index (χ2n) is 8.22. The molecule has 1 aromatic carbocycles. The van der Waals surface area contributed by atoms with Crippen molar-refractivity contribution in [2.45, 2.75) is 31.3 Å². The SMILES string of the molecule is CO[C@@]1(c2cccc(C(N)=O)c2)[C@@H]2CCC[C@H]1CN(CC1CCOC1)C2. The van der Waals surface area contributed by atoms with E-state index in [1.807, 2.05) is 19.2 Å². The first-order valence-corrected chi connectivity index (χ1v) is 9.89. The van der Waals surface area contributed by atoms with Crippen LogP contribution in [-0.4, -0.2) is 50.8 Å². The molecule has 1 aliphatic carbocycles. The number of fused-ring (bicyclic) bond motifs is 2. The van der Waals surface area contributed by atoms with Crippen molar-refractivity contribution in [1.29, 1.82) is 0 Å². The van der Waals surface area contributed by atoms with Crippen LogP contribution in [0.3, 0.4) is 0 Å². The molecule has 1 aromatic rings. The summed E-state index contributed by atoms with van der Waals surface area (Å²) in [4.78, 5) is 14.3. The molecule has 2 saturated heterocycles. The van der Waals surface area contributed by atoms with Gasteiger partial charge in [-0.05, 0) is 42.9 Å². The number of ether oxygens (including phenoxy) is 2. The van der Waals surface area contributed by atoms with E-state index in [4.69, 9.17) is 15.2 Å². The number of methoxy groups -OCH3 is 1. The van der Waals surface area contributed by atoms with E-state index in [0.29, 0.717) is 23.3 Å². The molecule has 1 amide bonds. The highest BCUT2D eigenvalue weighted by Gasteiger charge is 2.53. The number of carbonyl (C=O) groups is 1. The molecule has 3 aliphatic rings. The number of benzene rings is 1. The number of primary amides is 1. The highest BCUT2D eigenvalue weighted by molar-refractivity contribution is 5.92. The molecular formula is C21H30N2O3. The summed E-state index contributed by atoms with van der Waals surface area (Å²) < 4.78 is 11.8. The number of nitrogens with zero attached hydrogens (tertiary/aromatic N) is 1. The molecule has 2 N–H and O–H groups in total. The van der Waals surface area contributed by atoms with Gasteiger partial charge in [0.05, 0.1) is 6.61 Å². The summed E-state index contributed by atoms with van der Waals surface area (Å²) in [6, 6.07) is 7.80. The van der Waals surface area contributed by atoms with Gasteiger partial charge in [0.25, 0.3) is 0 Å². The Hall–Kier alpha value is -1.43. The van der Waals surface area contributed by atoms with Crippen LogP contribution in [0.25, 0.3) is 0 Å². The minimum absolute atomic E-state index is 0.299. The van der Waals surface area contributed by atoms with Crippen molar-refractivity contribution in [3.8, 4) is 0 Å². The van der Waals surface area contributed by atoms with Crippen molar-refractivity contribution >= 4 is 5.91 Å². The van der Waals surface area contributed by atoms with Crippen LogP contribution >= 0.6 is 0 Å². The molecule has 0 aromatic heterocycles. The molecule has 2 heterocycles. The van der Waals surface area contributed by atoms with E-state index < -0.39 is 0 Å². The predicted molar refractivity (Wildman–Crippen MR) is 99.8 cm³/mol. The zero-order chi connectivity index (χ0) is 18.1. The number of amides is 1. The fourth-order valence-corrected chi connectivity index (χ4v) is 5.60. The number of hydrogen-bond acceptors (Lipinski definition) is 4. The molecule has 1 unspecified atom stereocenters. The first kappa shape index (κ1) is 18.0.